The lowest BCUT2D eigenvalue weighted by Crippen LogP contribution is -2.40. The molecule has 29 heavy (non-hydrogen) atoms. The molecule has 0 radical (unpaired) electrons. The van der Waals surface area contributed by atoms with Crippen LogP contribution in [0.3, 0.4) is 0 Å². The summed E-state index contributed by atoms with van der Waals surface area (Å²) in [6.45, 7) is 7.08. The van der Waals surface area contributed by atoms with E-state index >= 15 is 0 Å². The van der Waals surface area contributed by atoms with Crippen molar-refractivity contribution in [3.63, 3.8) is 0 Å². The Bertz CT molecular complexity index is 703. The molecule has 1 fully saturated rings. The van der Waals surface area contributed by atoms with E-state index < -0.39 is 5.92 Å². The van der Waals surface area contributed by atoms with Crippen molar-refractivity contribution in [2.24, 2.45) is 11.8 Å². The molecule has 0 aromatic heterocycles. The van der Waals surface area contributed by atoms with Gasteiger partial charge in [0.05, 0.1) is 19.1 Å². The summed E-state index contributed by atoms with van der Waals surface area (Å²) in [5.74, 6) is -0.00000532. The second-order valence-electron chi connectivity index (χ2n) is 7.71. The van der Waals surface area contributed by atoms with Crippen molar-refractivity contribution in [1.29, 1.82) is 0 Å². The number of carbonyl (C=O) groups is 3. The van der Waals surface area contributed by atoms with Gasteiger partial charge in [-0.2, -0.15) is 0 Å². The highest BCUT2D eigenvalue weighted by atomic mass is 16.5. The number of amides is 3. The van der Waals surface area contributed by atoms with E-state index in [1.807, 2.05) is 43.0 Å². The summed E-state index contributed by atoms with van der Waals surface area (Å²) in [6.07, 6.45) is 2.07. The minimum Gasteiger partial charge on any atom is -0.497 e. The largest absolute Gasteiger partial charge is 0.497 e. The van der Waals surface area contributed by atoms with E-state index in [4.69, 9.17) is 4.74 Å². The predicted octanol–water partition coefficient (Wildman–Crippen LogP) is 2.27. The summed E-state index contributed by atoms with van der Waals surface area (Å²) in [4.78, 5) is 39.0. The first-order chi connectivity index (χ1) is 13.9. The Hall–Kier alpha value is -2.57. The molecule has 0 bridgehead atoms. The number of rotatable bonds is 10. The van der Waals surface area contributed by atoms with Crippen molar-refractivity contribution >= 4 is 17.7 Å². The van der Waals surface area contributed by atoms with Crippen molar-refractivity contribution in [3.05, 3.63) is 29.8 Å². The molecular weight excluding hydrogens is 370 g/mol. The number of ether oxygens (including phenoxy) is 1. The van der Waals surface area contributed by atoms with Crippen LogP contribution in [0.1, 0.15) is 51.6 Å². The highest BCUT2D eigenvalue weighted by Gasteiger charge is 2.43. The Morgan fingerprint density at radius 2 is 1.83 bits per heavy atom. The van der Waals surface area contributed by atoms with Gasteiger partial charge in [0.1, 0.15) is 5.75 Å². The first-order valence-corrected chi connectivity index (χ1v) is 10.4. The van der Waals surface area contributed by atoms with E-state index in [0.717, 1.165) is 24.2 Å². The Balaban J connectivity index is 2.09. The van der Waals surface area contributed by atoms with E-state index in [1.54, 1.807) is 7.11 Å². The van der Waals surface area contributed by atoms with Crippen molar-refractivity contribution in [3.8, 4) is 5.75 Å². The lowest BCUT2D eigenvalue weighted by Gasteiger charge is -2.28. The molecule has 1 aromatic rings. The number of nitrogens with one attached hydrogen (secondary N) is 2. The Morgan fingerprint density at radius 1 is 1.17 bits per heavy atom. The molecule has 1 aliphatic rings. The van der Waals surface area contributed by atoms with Crippen LogP contribution in [-0.2, 0) is 14.4 Å². The van der Waals surface area contributed by atoms with Gasteiger partial charge in [-0.15, -0.1) is 0 Å². The van der Waals surface area contributed by atoms with Gasteiger partial charge in [-0.05, 0) is 24.1 Å². The van der Waals surface area contributed by atoms with E-state index in [9.17, 15) is 14.4 Å². The lowest BCUT2D eigenvalue weighted by molar-refractivity contribution is -0.129. The zero-order valence-electron chi connectivity index (χ0n) is 17.9. The van der Waals surface area contributed by atoms with Gasteiger partial charge in [-0.25, -0.2) is 0 Å². The number of unbranched alkanes of at least 4 members (excludes halogenated alkanes) is 1. The third kappa shape index (κ3) is 5.95. The normalized spacial score (nSPS) is 18.8. The Labute approximate surface area is 173 Å². The standard InChI is InChI=1S/C22H33N3O4/c1-5-6-13-25-19(26)14-18(20(25)16-7-9-17(29-4)10-8-16)22(28)24-12-11-23-21(27)15(2)3/h7-10,15,18,20H,5-6,11-14H2,1-4H3,(H,23,27)(H,24,28)/t18-,20-/m1/s1. The van der Waals surface area contributed by atoms with Crippen molar-refractivity contribution < 1.29 is 19.1 Å². The maximum absolute atomic E-state index is 12.9. The second kappa shape index (κ2) is 10.8. The topological polar surface area (TPSA) is 87.7 Å². The van der Waals surface area contributed by atoms with Crippen LogP contribution in [0, 0.1) is 11.8 Å². The number of hydrogen-bond acceptors (Lipinski definition) is 4. The maximum Gasteiger partial charge on any atom is 0.226 e. The zero-order valence-corrected chi connectivity index (χ0v) is 17.9. The molecule has 1 saturated heterocycles. The second-order valence-corrected chi connectivity index (χ2v) is 7.71. The molecule has 3 amide bonds. The fourth-order valence-corrected chi connectivity index (χ4v) is 3.54. The molecular formula is C22H33N3O4. The monoisotopic (exact) mass is 403 g/mol. The molecule has 7 nitrogen and oxygen atoms in total. The SMILES string of the molecule is CCCCN1C(=O)C[C@@H](C(=O)NCCNC(=O)C(C)C)[C@H]1c1ccc(OC)cc1. The molecule has 7 heteroatoms. The van der Waals surface area contributed by atoms with Crippen LogP contribution in [0.2, 0.25) is 0 Å². The highest BCUT2D eigenvalue weighted by Crippen LogP contribution is 2.39. The number of carbonyl (C=O) groups excluding carboxylic acids is 3. The third-order valence-electron chi connectivity index (χ3n) is 5.23. The number of benzene rings is 1. The van der Waals surface area contributed by atoms with Crippen molar-refractivity contribution in [2.75, 3.05) is 26.7 Å². The van der Waals surface area contributed by atoms with E-state index in [2.05, 4.69) is 17.6 Å². The van der Waals surface area contributed by atoms with Crippen molar-refractivity contribution in [1.82, 2.24) is 15.5 Å². The summed E-state index contributed by atoms with van der Waals surface area (Å²) < 4.78 is 5.23. The van der Waals surface area contributed by atoms with Crippen LogP contribution in [0.4, 0.5) is 0 Å². The molecule has 0 unspecified atom stereocenters. The quantitative estimate of drug-likeness (QED) is 0.587. The molecule has 2 rings (SSSR count). The van der Waals surface area contributed by atoms with Crippen LogP contribution in [-0.4, -0.2) is 49.4 Å². The smallest absolute Gasteiger partial charge is 0.226 e. The van der Waals surface area contributed by atoms with Gasteiger partial charge in [-0.3, -0.25) is 14.4 Å². The van der Waals surface area contributed by atoms with E-state index in [1.165, 1.54) is 0 Å². The fraction of sp³-hybridized carbons (Fsp3) is 0.591. The first-order valence-electron chi connectivity index (χ1n) is 10.4. The number of methoxy groups -OCH3 is 1. The van der Waals surface area contributed by atoms with Crippen molar-refractivity contribution in [2.45, 2.75) is 46.1 Å². The van der Waals surface area contributed by atoms with Crippen LogP contribution < -0.4 is 15.4 Å². The van der Waals surface area contributed by atoms with Gasteiger partial charge in [0, 0.05) is 32.0 Å². The highest BCUT2D eigenvalue weighted by molar-refractivity contribution is 5.90. The van der Waals surface area contributed by atoms with Gasteiger partial charge in [0.15, 0.2) is 0 Å². The Morgan fingerprint density at radius 3 is 2.41 bits per heavy atom. The fourth-order valence-electron chi connectivity index (χ4n) is 3.54. The van der Waals surface area contributed by atoms with Crippen LogP contribution in [0.25, 0.3) is 0 Å². The average Bonchev–Trinajstić information content (AvgIpc) is 3.05. The summed E-state index contributed by atoms with van der Waals surface area (Å²) >= 11 is 0. The Kier molecular flexibility index (Phi) is 8.49. The molecule has 160 valence electrons. The maximum atomic E-state index is 12.9. The lowest BCUT2D eigenvalue weighted by atomic mass is 9.92. The molecule has 2 atom stereocenters. The van der Waals surface area contributed by atoms with Gasteiger partial charge in [0.2, 0.25) is 17.7 Å². The van der Waals surface area contributed by atoms with E-state index in [-0.39, 0.29) is 36.1 Å². The molecule has 1 heterocycles. The van der Waals surface area contributed by atoms with Gasteiger partial charge in [-0.1, -0.05) is 39.3 Å². The number of likely N-dealkylation sites (tertiary alicyclic amines) is 1. The average molecular weight is 404 g/mol. The third-order valence-corrected chi connectivity index (χ3v) is 5.23. The molecule has 0 aliphatic carbocycles. The minimum atomic E-state index is -0.450. The zero-order chi connectivity index (χ0) is 21.4. The van der Waals surface area contributed by atoms with Gasteiger partial charge >= 0.3 is 0 Å². The first kappa shape index (κ1) is 22.7. The summed E-state index contributed by atoms with van der Waals surface area (Å²) in [5, 5.41) is 5.67. The molecule has 2 N–H and O–H groups in total. The van der Waals surface area contributed by atoms with Crippen LogP contribution in [0.15, 0.2) is 24.3 Å². The molecule has 0 spiro atoms. The van der Waals surface area contributed by atoms with Crippen LogP contribution >= 0.6 is 0 Å². The summed E-state index contributed by atoms with van der Waals surface area (Å²) in [7, 11) is 1.61. The van der Waals surface area contributed by atoms with Gasteiger partial charge < -0.3 is 20.3 Å². The molecule has 1 aliphatic heterocycles. The predicted molar refractivity (Wildman–Crippen MR) is 111 cm³/mol. The van der Waals surface area contributed by atoms with Crippen LogP contribution in [0.5, 0.6) is 5.75 Å². The minimum absolute atomic E-state index is 0.00697. The number of hydrogen-bond donors (Lipinski definition) is 2. The van der Waals surface area contributed by atoms with Gasteiger partial charge in [0.25, 0.3) is 0 Å². The number of nitrogens with zero attached hydrogens (tertiary/aromatic N) is 1. The summed E-state index contributed by atoms with van der Waals surface area (Å²) in [6, 6.07) is 7.26. The summed E-state index contributed by atoms with van der Waals surface area (Å²) in [5.41, 5.74) is 0.931. The molecule has 0 saturated carbocycles. The molecule has 1 aromatic carbocycles. The van der Waals surface area contributed by atoms with E-state index in [0.29, 0.717) is 19.6 Å².